The number of nitrogens with zero attached hydrogens (tertiary/aromatic N) is 2. The molecule has 96 valence electrons. The lowest BCUT2D eigenvalue weighted by Gasteiger charge is -2.09. The third-order valence-electron chi connectivity index (χ3n) is 2.61. The molecule has 1 aromatic carbocycles. The number of ether oxygens (including phenoxy) is 1. The molecule has 0 unspecified atom stereocenters. The van der Waals surface area contributed by atoms with Crippen LogP contribution in [0, 0.1) is 4.77 Å². The van der Waals surface area contributed by atoms with Gasteiger partial charge >= 0.3 is 0 Å². The summed E-state index contributed by atoms with van der Waals surface area (Å²) in [7, 11) is 1.65. The van der Waals surface area contributed by atoms with Gasteiger partial charge < -0.3 is 9.30 Å². The maximum Gasteiger partial charge on any atom is 0.195 e. The third kappa shape index (κ3) is 2.49. The van der Waals surface area contributed by atoms with Crippen molar-refractivity contribution in [3.05, 3.63) is 27.4 Å². The first-order valence-corrected chi connectivity index (χ1v) is 6.86. The molecule has 0 saturated carbocycles. The van der Waals surface area contributed by atoms with Gasteiger partial charge in [0.25, 0.3) is 0 Å². The Labute approximate surface area is 119 Å². The summed E-state index contributed by atoms with van der Waals surface area (Å²) < 4.78 is 8.99. The molecule has 0 radical (unpaired) electrons. The first kappa shape index (κ1) is 13.3. The van der Waals surface area contributed by atoms with Crippen molar-refractivity contribution in [2.45, 2.75) is 19.9 Å². The number of nitrogens with one attached hydrogen (secondary N) is 1. The Morgan fingerprint density at radius 3 is 2.94 bits per heavy atom. The van der Waals surface area contributed by atoms with Gasteiger partial charge in [-0.2, -0.15) is 5.10 Å². The first-order chi connectivity index (χ1) is 8.67. The van der Waals surface area contributed by atoms with E-state index in [1.165, 1.54) is 0 Å². The molecular weight excluding hydrogens is 314 g/mol. The number of methoxy groups -OCH3 is 1. The van der Waals surface area contributed by atoms with E-state index in [1.807, 2.05) is 22.8 Å². The SMILES string of the molecule is CCCn1c(-c2ccc(Br)cc2OC)n[nH]c1=S. The fraction of sp³-hybridized carbons (Fsp3) is 0.333. The van der Waals surface area contributed by atoms with Crippen molar-refractivity contribution >= 4 is 28.1 Å². The van der Waals surface area contributed by atoms with E-state index < -0.39 is 0 Å². The number of hydrogen-bond acceptors (Lipinski definition) is 3. The second-order valence-electron chi connectivity index (χ2n) is 3.85. The molecule has 0 amide bonds. The van der Waals surface area contributed by atoms with Crippen molar-refractivity contribution in [1.29, 1.82) is 0 Å². The van der Waals surface area contributed by atoms with Crippen LogP contribution in [0.5, 0.6) is 5.75 Å². The van der Waals surface area contributed by atoms with E-state index >= 15 is 0 Å². The quantitative estimate of drug-likeness (QED) is 0.869. The Bertz CT molecular complexity index is 606. The molecule has 2 aromatic rings. The van der Waals surface area contributed by atoms with Crippen LogP contribution in [0.1, 0.15) is 13.3 Å². The average Bonchev–Trinajstić information content (AvgIpc) is 2.72. The molecule has 0 aliphatic rings. The summed E-state index contributed by atoms with van der Waals surface area (Å²) in [5.41, 5.74) is 0.932. The van der Waals surface area contributed by atoms with Gasteiger partial charge in [-0.15, -0.1) is 0 Å². The molecule has 0 fully saturated rings. The zero-order valence-corrected chi connectivity index (χ0v) is 12.6. The minimum Gasteiger partial charge on any atom is -0.496 e. The lowest BCUT2D eigenvalue weighted by Crippen LogP contribution is -2.01. The molecule has 0 bridgehead atoms. The Morgan fingerprint density at radius 2 is 2.28 bits per heavy atom. The van der Waals surface area contributed by atoms with Gasteiger partial charge in [-0.05, 0) is 36.8 Å². The van der Waals surface area contributed by atoms with Crippen LogP contribution in [0.2, 0.25) is 0 Å². The molecule has 1 heterocycles. The van der Waals surface area contributed by atoms with Gasteiger partial charge in [-0.1, -0.05) is 22.9 Å². The zero-order chi connectivity index (χ0) is 13.1. The van der Waals surface area contributed by atoms with Crippen molar-refractivity contribution in [2.75, 3.05) is 7.11 Å². The minimum atomic E-state index is 0.636. The van der Waals surface area contributed by atoms with Gasteiger partial charge in [0, 0.05) is 11.0 Å². The summed E-state index contributed by atoms with van der Waals surface area (Å²) in [6, 6.07) is 5.86. The fourth-order valence-electron chi connectivity index (χ4n) is 1.80. The van der Waals surface area contributed by atoms with Crippen molar-refractivity contribution < 1.29 is 4.74 Å². The molecular formula is C12H14BrN3OS. The molecule has 2 rings (SSSR count). The van der Waals surface area contributed by atoms with Crippen molar-refractivity contribution in [3.63, 3.8) is 0 Å². The van der Waals surface area contributed by atoms with E-state index in [1.54, 1.807) is 7.11 Å². The number of H-pyrrole nitrogens is 1. The number of halogens is 1. The lowest BCUT2D eigenvalue weighted by molar-refractivity contribution is 0.415. The van der Waals surface area contributed by atoms with E-state index in [4.69, 9.17) is 17.0 Å². The second-order valence-corrected chi connectivity index (χ2v) is 5.15. The van der Waals surface area contributed by atoms with Crippen LogP contribution < -0.4 is 4.74 Å². The molecule has 0 aliphatic heterocycles. The molecule has 0 spiro atoms. The highest BCUT2D eigenvalue weighted by molar-refractivity contribution is 9.10. The van der Waals surface area contributed by atoms with Crippen LogP contribution in [0.4, 0.5) is 0 Å². The topological polar surface area (TPSA) is 42.8 Å². The first-order valence-electron chi connectivity index (χ1n) is 5.66. The number of hydrogen-bond donors (Lipinski definition) is 1. The van der Waals surface area contributed by atoms with Gasteiger partial charge in [0.05, 0.1) is 12.7 Å². The van der Waals surface area contributed by atoms with Gasteiger partial charge in [0.2, 0.25) is 0 Å². The van der Waals surface area contributed by atoms with Gasteiger partial charge in [0.1, 0.15) is 5.75 Å². The number of rotatable bonds is 4. The molecule has 1 N–H and O–H groups in total. The van der Waals surface area contributed by atoms with E-state index in [2.05, 4.69) is 33.1 Å². The lowest BCUT2D eigenvalue weighted by atomic mass is 10.2. The molecule has 0 aliphatic carbocycles. The fourth-order valence-corrected chi connectivity index (χ4v) is 2.37. The Balaban J connectivity index is 2.58. The summed E-state index contributed by atoms with van der Waals surface area (Å²) in [6.45, 7) is 2.95. The maximum absolute atomic E-state index is 5.39. The molecule has 0 saturated heterocycles. The van der Waals surface area contributed by atoms with Crippen LogP contribution in [0.25, 0.3) is 11.4 Å². The normalized spacial score (nSPS) is 10.6. The molecule has 18 heavy (non-hydrogen) atoms. The van der Waals surface area contributed by atoms with E-state index in [-0.39, 0.29) is 0 Å². The van der Waals surface area contributed by atoms with Crippen molar-refractivity contribution in [1.82, 2.24) is 14.8 Å². The van der Waals surface area contributed by atoms with E-state index in [0.29, 0.717) is 4.77 Å². The minimum absolute atomic E-state index is 0.636. The van der Waals surface area contributed by atoms with E-state index in [0.717, 1.165) is 34.6 Å². The van der Waals surface area contributed by atoms with Crippen molar-refractivity contribution in [2.24, 2.45) is 0 Å². The summed E-state index contributed by atoms with van der Waals surface area (Å²) in [6.07, 6.45) is 1.000. The van der Waals surface area contributed by atoms with Crippen molar-refractivity contribution in [3.8, 4) is 17.1 Å². The number of benzene rings is 1. The summed E-state index contributed by atoms with van der Waals surface area (Å²) in [5.74, 6) is 1.59. The maximum atomic E-state index is 5.39. The van der Waals surface area contributed by atoms with Crippen LogP contribution in [-0.4, -0.2) is 21.9 Å². The average molecular weight is 328 g/mol. The largest absolute Gasteiger partial charge is 0.496 e. The van der Waals surface area contributed by atoms with E-state index in [9.17, 15) is 0 Å². The number of aromatic nitrogens is 3. The van der Waals surface area contributed by atoms with Gasteiger partial charge in [-0.25, -0.2) is 0 Å². The second kappa shape index (κ2) is 5.67. The highest BCUT2D eigenvalue weighted by Gasteiger charge is 2.13. The summed E-state index contributed by atoms with van der Waals surface area (Å²) >= 11 is 8.67. The zero-order valence-electron chi connectivity index (χ0n) is 10.2. The highest BCUT2D eigenvalue weighted by atomic mass is 79.9. The third-order valence-corrected chi connectivity index (χ3v) is 3.41. The summed E-state index contributed by atoms with van der Waals surface area (Å²) in [5, 5.41) is 7.13. The van der Waals surface area contributed by atoms with Gasteiger partial charge in [0.15, 0.2) is 10.6 Å². The Kier molecular flexibility index (Phi) is 4.19. The van der Waals surface area contributed by atoms with Crippen LogP contribution in [0.3, 0.4) is 0 Å². The molecule has 1 aromatic heterocycles. The summed E-state index contributed by atoms with van der Waals surface area (Å²) in [4.78, 5) is 0. The monoisotopic (exact) mass is 327 g/mol. The molecule has 6 heteroatoms. The highest BCUT2D eigenvalue weighted by Crippen LogP contribution is 2.31. The van der Waals surface area contributed by atoms with Gasteiger partial charge in [-0.3, -0.25) is 5.10 Å². The number of aromatic amines is 1. The predicted molar refractivity (Wildman–Crippen MR) is 77.4 cm³/mol. The Morgan fingerprint density at radius 1 is 1.50 bits per heavy atom. The van der Waals surface area contributed by atoms with Crippen LogP contribution >= 0.6 is 28.1 Å². The Hall–Kier alpha value is -1.14. The molecule has 4 nitrogen and oxygen atoms in total. The van der Waals surface area contributed by atoms with Crippen LogP contribution in [0.15, 0.2) is 22.7 Å². The van der Waals surface area contributed by atoms with Crippen LogP contribution in [-0.2, 0) is 6.54 Å². The standard InChI is InChI=1S/C12H14BrN3OS/c1-3-6-16-11(14-15-12(16)18)9-5-4-8(13)7-10(9)17-2/h4-5,7H,3,6H2,1-2H3,(H,15,18). The smallest absolute Gasteiger partial charge is 0.195 e. The predicted octanol–water partition coefficient (Wildman–Crippen LogP) is 3.79. The molecule has 0 atom stereocenters.